The standard InChI is InChI=1S/C22H20N4O5S2/c1-11(17(27)16-20(29)25(2)22(31)26(3)21(16)30)32-10-14-23-18(28)15-13(9-33-19(15)24-14)12-7-5-4-6-8-12/h4-9,11,16H,10H2,1-3H3,(H,23,24,28)/t11-/m0/s1. The second-order valence-corrected chi connectivity index (χ2v) is 9.76. The quantitative estimate of drug-likeness (QED) is 0.534. The van der Waals surface area contributed by atoms with Gasteiger partial charge in [-0.1, -0.05) is 30.3 Å². The smallest absolute Gasteiger partial charge is 0.309 e. The third-order valence-electron chi connectivity index (χ3n) is 5.46. The summed E-state index contributed by atoms with van der Waals surface area (Å²) in [6.45, 7) is 1.58. The molecule has 0 radical (unpaired) electrons. The van der Waals surface area contributed by atoms with Crippen LogP contribution < -0.4 is 5.56 Å². The number of nitrogens with one attached hydrogen (secondary N) is 1. The molecule has 0 spiro atoms. The number of carbonyl (C=O) groups excluding carboxylic acids is 4. The van der Waals surface area contributed by atoms with E-state index in [1.54, 1.807) is 6.92 Å². The Morgan fingerprint density at radius 1 is 1.12 bits per heavy atom. The van der Waals surface area contributed by atoms with Gasteiger partial charge in [-0.2, -0.15) is 0 Å². The van der Waals surface area contributed by atoms with Gasteiger partial charge in [-0.15, -0.1) is 23.1 Å². The van der Waals surface area contributed by atoms with Gasteiger partial charge in [0.2, 0.25) is 0 Å². The summed E-state index contributed by atoms with van der Waals surface area (Å²) in [7, 11) is 2.47. The second-order valence-electron chi connectivity index (χ2n) is 7.57. The van der Waals surface area contributed by atoms with Gasteiger partial charge in [0.05, 0.1) is 16.4 Å². The minimum absolute atomic E-state index is 0.205. The van der Waals surface area contributed by atoms with Crippen LogP contribution in [0.25, 0.3) is 21.3 Å². The minimum Gasteiger partial charge on any atom is -0.309 e. The third-order valence-corrected chi connectivity index (χ3v) is 7.51. The molecule has 1 N–H and O–H groups in total. The largest absolute Gasteiger partial charge is 0.332 e. The number of aromatic nitrogens is 2. The monoisotopic (exact) mass is 484 g/mol. The van der Waals surface area contributed by atoms with Gasteiger partial charge in [0.25, 0.3) is 17.4 Å². The van der Waals surface area contributed by atoms with Crippen molar-refractivity contribution in [3.63, 3.8) is 0 Å². The van der Waals surface area contributed by atoms with Crippen LogP contribution in [0.5, 0.6) is 0 Å². The van der Waals surface area contributed by atoms with Crippen LogP contribution in [-0.4, -0.2) is 62.7 Å². The Hall–Kier alpha value is -3.31. The van der Waals surface area contributed by atoms with E-state index in [1.807, 2.05) is 35.7 Å². The summed E-state index contributed by atoms with van der Waals surface area (Å²) >= 11 is 2.52. The molecule has 1 atom stereocenters. The number of urea groups is 1. The van der Waals surface area contributed by atoms with Crippen LogP contribution in [0.1, 0.15) is 12.7 Å². The van der Waals surface area contributed by atoms with E-state index in [4.69, 9.17) is 0 Å². The van der Waals surface area contributed by atoms with Crippen molar-refractivity contribution < 1.29 is 19.2 Å². The number of barbiturate groups is 1. The van der Waals surface area contributed by atoms with Crippen molar-refractivity contribution >= 4 is 56.9 Å². The summed E-state index contributed by atoms with van der Waals surface area (Å²) in [6, 6.07) is 8.78. The SMILES string of the molecule is C[C@H](SCc1nc2scc(-c3ccccc3)c2c(=O)[nH]1)C(=O)C1C(=O)N(C)C(=O)N(C)C1=O. The van der Waals surface area contributed by atoms with Crippen LogP contribution in [0.15, 0.2) is 40.5 Å². The van der Waals surface area contributed by atoms with Crippen LogP contribution in [0.3, 0.4) is 0 Å². The number of Topliss-reactive ketones (excluding diaryl/α,β-unsaturated/α-hetero) is 1. The molecule has 2 aromatic heterocycles. The number of benzene rings is 1. The molecule has 33 heavy (non-hydrogen) atoms. The third kappa shape index (κ3) is 4.09. The molecule has 170 valence electrons. The van der Waals surface area contributed by atoms with E-state index in [2.05, 4.69) is 9.97 Å². The number of hydrogen-bond acceptors (Lipinski definition) is 8. The molecule has 3 aromatic rings. The molecular formula is C22H20N4O5S2. The number of nitrogens with zero attached hydrogens (tertiary/aromatic N) is 3. The van der Waals surface area contributed by atoms with E-state index >= 15 is 0 Å². The number of ketones is 1. The van der Waals surface area contributed by atoms with Crippen molar-refractivity contribution in [3.8, 4) is 11.1 Å². The number of aromatic amines is 1. The second kappa shape index (κ2) is 8.91. The van der Waals surface area contributed by atoms with Gasteiger partial charge in [-0.3, -0.25) is 29.0 Å². The Morgan fingerprint density at radius 3 is 2.39 bits per heavy atom. The van der Waals surface area contributed by atoms with Gasteiger partial charge in [0.1, 0.15) is 10.7 Å². The van der Waals surface area contributed by atoms with Crippen molar-refractivity contribution in [2.75, 3.05) is 14.1 Å². The molecule has 0 bridgehead atoms. The summed E-state index contributed by atoms with van der Waals surface area (Å²) in [4.78, 5) is 71.7. The molecule has 9 nitrogen and oxygen atoms in total. The maximum Gasteiger partial charge on any atom is 0.332 e. The molecule has 4 rings (SSSR count). The van der Waals surface area contributed by atoms with E-state index in [-0.39, 0.29) is 11.3 Å². The van der Waals surface area contributed by atoms with E-state index in [0.29, 0.717) is 16.0 Å². The predicted molar refractivity (Wildman–Crippen MR) is 126 cm³/mol. The van der Waals surface area contributed by atoms with Gasteiger partial charge in [0, 0.05) is 25.0 Å². The first-order valence-corrected chi connectivity index (χ1v) is 11.9. The summed E-state index contributed by atoms with van der Waals surface area (Å²) in [5, 5.41) is 1.67. The highest BCUT2D eigenvalue weighted by Gasteiger charge is 2.47. The highest BCUT2D eigenvalue weighted by molar-refractivity contribution is 7.99. The topological polar surface area (TPSA) is 121 Å². The summed E-state index contributed by atoms with van der Waals surface area (Å²) < 4.78 is 0. The average molecular weight is 485 g/mol. The highest BCUT2D eigenvalue weighted by Crippen LogP contribution is 2.31. The fourth-order valence-electron chi connectivity index (χ4n) is 3.56. The first kappa shape index (κ1) is 22.9. The number of rotatable bonds is 6. The molecule has 3 heterocycles. The van der Waals surface area contributed by atoms with E-state index in [9.17, 15) is 24.0 Å². The zero-order valence-electron chi connectivity index (χ0n) is 18.0. The fraction of sp³-hybridized carbons (Fsp3) is 0.273. The first-order valence-electron chi connectivity index (χ1n) is 10.0. The molecule has 1 saturated heterocycles. The van der Waals surface area contributed by atoms with Crippen molar-refractivity contribution in [2.45, 2.75) is 17.9 Å². The normalized spacial score (nSPS) is 16.0. The van der Waals surface area contributed by atoms with E-state index in [1.165, 1.54) is 25.4 Å². The number of carbonyl (C=O) groups is 4. The molecule has 1 aromatic carbocycles. The minimum atomic E-state index is -1.56. The lowest BCUT2D eigenvalue weighted by Crippen LogP contribution is -2.59. The Labute approximate surface area is 196 Å². The molecule has 1 fully saturated rings. The van der Waals surface area contributed by atoms with Gasteiger partial charge in [-0.05, 0) is 12.5 Å². The molecule has 11 heteroatoms. The van der Waals surface area contributed by atoms with Crippen LogP contribution in [-0.2, 0) is 20.1 Å². The Morgan fingerprint density at radius 2 is 1.76 bits per heavy atom. The van der Waals surface area contributed by atoms with Gasteiger partial charge in [-0.25, -0.2) is 9.78 Å². The molecule has 0 aliphatic carbocycles. The van der Waals surface area contributed by atoms with Crippen LogP contribution in [0.4, 0.5) is 4.79 Å². The Balaban J connectivity index is 1.51. The highest BCUT2D eigenvalue weighted by atomic mass is 32.2. The van der Waals surface area contributed by atoms with E-state index < -0.39 is 34.8 Å². The maximum absolute atomic E-state index is 12.9. The number of H-pyrrole nitrogens is 1. The fourth-order valence-corrected chi connectivity index (χ4v) is 5.37. The van der Waals surface area contributed by atoms with Crippen molar-refractivity contribution in [1.29, 1.82) is 0 Å². The summed E-state index contributed by atoms with van der Waals surface area (Å²) in [6.07, 6.45) is 0. The maximum atomic E-state index is 12.9. The first-order chi connectivity index (χ1) is 15.7. The lowest BCUT2D eigenvalue weighted by molar-refractivity contribution is -0.151. The van der Waals surface area contributed by atoms with E-state index in [0.717, 1.165) is 32.7 Å². The Bertz CT molecular complexity index is 1310. The summed E-state index contributed by atoms with van der Waals surface area (Å²) in [5.41, 5.74) is 1.46. The molecule has 0 unspecified atom stereocenters. The molecule has 0 saturated carbocycles. The van der Waals surface area contributed by atoms with Gasteiger partial charge < -0.3 is 4.98 Å². The van der Waals surface area contributed by atoms with Crippen LogP contribution >= 0.6 is 23.1 Å². The van der Waals surface area contributed by atoms with Gasteiger partial charge in [0.15, 0.2) is 11.7 Å². The van der Waals surface area contributed by atoms with Crippen molar-refractivity contribution in [1.82, 2.24) is 19.8 Å². The number of thioether (sulfide) groups is 1. The molecule has 4 amide bonds. The Kier molecular flexibility index (Phi) is 6.17. The number of thiophene rings is 1. The van der Waals surface area contributed by atoms with Gasteiger partial charge >= 0.3 is 6.03 Å². The number of imide groups is 2. The van der Waals surface area contributed by atoms with Crippen LogP contribution in [0.2, 0.25) is 0 Å². The lowest BCUT2D eigenvalue weighted by atomic mass is 9.97. The number of fused-ring (bicyclic) bond motifs is 1. The molecule has 1 aliphatic heterocycles. The lowest BCUT2D eigenvalue weighted by Gasteiger charge is -2.32. The molecular weight excluding hydrogens is 464 g/mol. The van der Waals surface area contributed by atoms with Crippen LogP contribution in [0, 0.1) is 5.92 Å². The molecule has 1 aliphatic rings. The van der Waals surface area contributed by atoms with Crippen molar-refractivity contribution in [2.24, 2.45) is 5.92 Å². The zero-order valence-corrected chi connectivity index (χ0v) is 19.7. The summed E-state index contributed by atoms with van der Waals surface area (Å²) in [5.74, 6) is -3.21. The van der Waals surface area contributed by atoms with Crippen molar-refractivity contribution in [3.05, 3.63) is 51.9 Å². The predicted octanol–water partition coefficient (Wildman–Crippen LogP) is 2.51. The number of hydrogen-bond donors (Lipinski definition) is 1. The number of amides is 4. The zero-order chi connectivity index (χ0) is 23.9. The average Bonchev–Trinajstić information content (AvgIpc) is 3.25.